The van der Waals surface area contributed by atoms with E-state index in [0.29, 0.717) is 38.1 Å². The molecule has 1 aromatic heterocycles. The summed E-state index contributed by atoms with van der Waals surface area (Å²) in [4.78, 5) is 20.3. The topological polar surface area (TPSA) is 95.8 Å². The van der Waals surface area contributed by atoms with Crippen LogP contribution in [-0.4, -0.2) is 50.9 Å². The fourth-order valence-electron chi connectivity index (χ4n) is 2.76. The number of amides is 1. The van der Waals surface area contributed by atoms with Gasteiger partial charge in [-0.15, -0.1) is 0 Å². The third-order valence-corrected chi connectivity index (χ3v) is 4.31. The monoisotopic (exact) mass is 365 g/mol. The summed E-state index contributed by atoms with van der Waals surface area (Å²) in [7, 11) is 0. The van der Waals surface area contributed by atoms with Crippen molar-refractivity contribution in [2.75, 3.05) is 19.7 Å². The highest BCUT2D eigenvalue weighted by atomic mass is 19.1. The molecule has 1 saturated heterocycles. The van der Waals surface area contributed by atoms with Gasteiger partial charge in [0.15, 0.2) is 17.4 Å². The molecule has 0 bridgehead atoms. The van der Waals surface area contributed by atoms with Crippen LogP contribution in [0.1, 0.15) is 12.8 Å². The number of phenols is 1. The van der Waals surface area contributed by atoms with Crippen LogP contribution in [0.2, 0.25) is 0 Å². The molecule has 0 saturated carbocycles. The minimum absolute atomic E-state index is 0.133. The molecule has 0 aliphatic carbocycles. The molecule has 0 radical (unpaired) electrons. The van der Waals surface area contributed by atoms with Crippen molar-refractivity contribution in [3.8, 4) is 22.9 Å². The van der Waals surface area contributed by atoms with E-state index in [1.807, 2.05) is 0 Å². The number of carboxylic acid groups (broad SMARTS) is 1. The second kappa shape index (κ2) is 7.51. The summed E-state index contributed by atoms with van der Waals surface area (Å²) < 4.78 is 32.3. The Kier molecular flexibility index (Phi) is 5.15. The molecular weight excluding hydrogens is 348 g/mol. The van der Waals surface area contributed by atoms with Gasteiger partial charge >= 0.3 is 12.1 Å². The number of likely N-dealkylation sites (tertiary alicyclic amines) is 1. The number of aromatic hydroxyl groups is 1. The van der Waals surface area contributed by atoms with E-state index in [1.165, 1.54) is 17.3 Å². The van der Waals surface area contributed by atoms with Crippen molar-refractivity contribution >= 4 is 6.09 Å². The molecule has 1 aliphatic heterocycles. The largest absolute Gasteiger partial charge is 0.503 e. The molecule has 9 heteroatoms. The van der Waals surface area contributed by atoms with E-state index < -0.39 is 23.5 Å². The molecule has 3 rings (SSSR count). The number of hydrogen-bond donors (Lipinski definition) is 2. The van der Waals surface area contributed by atoms with E-state index in [0.717, 1.165) is 12.1 Å². The lowest BCUT2D eigenvalue weighted by Gasteiger charge is -2.29. The maximum atomic E-state index is 13.4. The molecule has 1 aromatic carbocycles. The van der Waals surface area contributed by atoms with Gasteiger partial charge in [0, 0.05) is 31.0 Å². The first-order chi connectivity index (χ1) is 12.4. The highest BCUT2D eigenvalue weighted by Gasteiger charge is 2.22. The van der Waals surface area contributed by atoms with Crippen LogP contribution in [0.3, 0.4) is 0 Å². The van der Waals surface area contributed by atoms with Crippen LogP contribution in [0.4, 0.5) is 13.6 Å². The van der Waals surface area contributed by atoms with Gasteiger partial charge in [-0.05, 0) is 36.5 Å². The first kappa shape index (κ1) is 17.8. The van der Waals surface area contributed by atoms with Gasteiger partial charge in [0.25, 0.3) is 0 Å². The SMILES string of the molecule is O=C(O)N1CCC(COc2ncc(-c3cc(F)c(O)c(F)c3)cn2)CC1. The van der Waals surface area contributed by atoms with E-state index in [2.05, 4.69) is 9.97 Å². The molecule has 0 atom stereocenters. The van der Waals surface area contributed by atoms with Gasteiger partial charge in [-0.3, -0.25) is 0 Å². The second-order valence-electron chi connectivity index (χ2n) is 6.07. The standard InChI is InChI=1S/C17H17F2N3O4/c18-13-5-11(6-14(19)15(13)23)12-7-20-16(21-8-12)26-9-10-1-3-22(4-2-10)17(24)25/h5-8,10,23H,1-4,9H2,(H,24,25). The molecule has 2 aromatic rings. The zero-order valence-corrected chi connectivity index (χ0v) is 13.7. The summed E-state index contributed by atoms with van der Waals surface area (Å²) in [6.45, 7) is 1.32. The predicted molar refractivity (Wildman–Crippen MR) is 86.9 cm³/mol. The Labute approximate surface area is 147 Å². The van der Waals surface area contributed by atoms with Crippen molar-refractivity contribution in [1.82, 2.24) is 14.9 Å². The van der Waals surface area contributed by atoms with Crippen molar-refractivity contribution in [3.63, 3.8) is 0 Å². The van der Waals surface area contributed by atoms with Crippen LogP contribution in [0.15, 0.2) is 24.5 Å². The summed E-state index contributed by atoms with van der Waals surface area (Å²) >= 11 is 0. The summed E-state index contributed by atoms with van der Waals surface area (Å²) in [6, 6.07) is 2.12. The quantitative estimate of drug-likeness (QED) is 0.865. The van der Waals surface area contributed by atoms with Crippen LogP contribution in [-0.2, 0) is 0 Å². The van der Waals surface area contributed by atoms with Crippen molar-refractivity contribution in [2.45, 2.75) is 12.8 Å². The number of halogens is 2. The van der Waals surface area contributed by atoms with Crippen LogP contribution < -0.4 is 4.74 Å². The lowest BCUT2D eigenvalue weighted by molar-refractivity contribution is 0.110. The minimum Gasteiger partial charge on any atom is -0.503 e. The van der Waals surface area contributed by atoms with Crippen molar-refractivity contribution in [1.29, 1.82) is 0 Å². The lowest BCUT2D eigenvalue weighted by Crippen LogP contribution is -2.38. The van der Waals surface area contributed by atoms with E-state index in [4.69, 9.17) is 14.9 Å². The maximum Gasteiger partial charge on any atom is 0.407 e. The summed E-state index contributed by atoms with van der Waals surface area (Å²) in [5, 5.41) is 18.0. The number of nitrogens with zero attached hydrogens (tertiary/aromatic N) is 3. The van der Waals surface area contributed by atoms with Gasteiger partial charge in [-0.25, -0.2) is 23.5 Å². The molecule has 138 valence electrons. The molecule has 26 heavy (non-hydrogen) atoms. The zero-order chi connectivity index (χ0) is 18.7. The molecule has 0 spiro atoms. The van der Waals surface area contributed by atoms with Crippen molar-refractivity contribution < 1.29 is 28.5 Å². The van der Waals surface area contributed by atoms with E-state index in [-0.39, 0.29) is 17.5 Å². The summed E-state index contributed by atoms with van der Waals surface area (Å²) in [5.74, 6) is -2.93. The number of carbonyl (C=O) groups is 1. The van der Waals surface area contributed by atoms with Gasteiger partial charge in [0.05, 0.1) is 6.61 Å². The van der Waals surface area contributed by atoms with Gasteiger partial charge in [0.2, 0.25) is 0 Å². The fraction of sp³-hybridized carbons (Fsp3) is 0.353. The number of piperidine rings is 1. The van der Waals surface area contributed by atoms with Gasteiger partial charge in [-0.1, -0.05) is 0 Å². The normalized spacial score (nSPS) is 15.1. The van der Waals surface area contributed by atoms with Crippen LogP contribution in [0.5, 0.6) is 11.8 Å². The summed E-state index contributed by atoms with van der Waals surface area (Å²) in [5.41, 5.74) is 0.579. The first-order valence-corrected chi connectivity index (χ1v) is 8.05. The van der Waals surface area contributed by atoms with Gasteiger partial charge in [0.1, 0.15) is 0 Å². The Morgan fingerprint density at radius 3 is 2.27 bits per heavy atom. The van der Waals surface area contributed by atoms with E-state index in [1.54, 1.807) is 0 Å². The van der Waals surface area contributed by atoms with Crippen molar-refractivity contribution in [3.05, 3.63) is 36.2 Å². The first-order valence-electron chi connectivity index (χ1n) is 8.05. The average Bonchev–Trinajstić information content (AvgIpc) is 2.65. The molecule has 2 N–H and O–H groups in total. The molecule has 1 fully saturated rings. The number of rotatable bonds is 4. The third kappa shape index (κ3) is 3.98. The molecule has 0 unspecified atom stereocenters. The van der Waals surface area contributed by atoms with E-state index in [9.17, 15) is 13.6 Å². The van der Waals surface area contributed by atoms with Crippen LogP contribution in [0, 0.1) is 17.6 Å². The minimum atomic E-state index is -1.06. The number of aromatic nitrogens is 2. The Morgan fingerprint density at radius 2 is 1.73 bits per heavy atom. The van der Waals surface area contributed by atoms with Gasteiger partial charge in [-0.2, -0.15) is 0 Å². The van der Waals surface area contributed by atoms with Crippen molar-refractivity contribution in [2.24, 2.45) is 5.92 Å². The molecule has 7 nitrogen and oxygen atoms in total. The predicted octanol–water partition coefficient (Wildman–Crippen LogP) is 2.90. The van der Waals surface area contributed by atoms with Crippen LogP contribution >= 0.6 is 0 Å². The maximum absolute atomic E-state index is 13.4. The molecule has 1 amide bonds. The van der Waals surface area contributed by atoms with Crippen LogP contribution in [0.25, 0.3) is 11.1 Å². The highest BCUT2D eigenvalue weighted by Crippen LogP contribution is 2.27. The number of phenolic OH excluding ortho intramolecular Hbond substituents is 1. The molecular formula is C17H17F2N3O4. The number of hydrogen-bond acceptors (Lipinski definition) is 5. The van der Waals surface area contributed by atoms with Gasteiger partial charge < -0.3 is 19.8 Å². The number of benzene rings is 1. The Bertz CT molecular complexity index is 770. The number of ether oxygens (including phenoxy) is 1. The summed E-state index contributed by atoms with van der Waals surface area (Å²) in [6.07, 6.45) is 3.25. The fourth-order valence-corrected chi connectivity index (χ4v) is 2.76. The third-order valence-electron chi connectivity index (χ3n) is 4.31. The highest BCUT2D eigenvalue weighted by molar-refractivity contribution is 5.65. The second-order valence-corrected chi connectivity index (χ2v) is 6.07. The zero-order valence-electron chi connectivity index (χ0n) is 13.7. The Balaban J connectivity index is 1.58. The average molecular weight is 365 g/mol. The molecule has 1 aliphatic rings. The Morgan fingerprint density at radius 1 is 1.15 bits per heavy atom. The smallest absolute Gasteiger partial charge is 0.407 e. The van der Waals surface area contributed by atoms with E-state index >= 15 is 0 Å². The Hall–Kier alpha value is -2.97. The molecule has 2 heterocycles. The lowest BCUT2D eigenvalue weighted by atomic mass is 9.98.